The first-order valence-corrected chi connectivity index (χ1v) is 10.7. The van der Waals surface area contributed by atoms with E-state index in [1.54, 1.807) is 0 Å². The van der Waals surface area contributed by atoms with Crippen molar-refractivity contribution < 1.29 is 26.8 Å². The molecule has 1 aromatic heterocycles. The number of aromatic amines is 1. The van der Waals surface area contributed by atoms with E-state index in [4.69, 9.17) is 18.4 Å². The molecule has 1 aromatic carbocycles. The van der Waals surface area contributed by atoms with Crippen LogP contribution in [0.2, 0.25) is 0 Å². The molecule has 2 saturated heterocycles. The molecular formula is C18H20N2O8S. The molecule has 0 radical (unpaired) electrons. The molecule has 0 aliphatic carbocycles. The number of hydrogen-bond acceptors (Lipinski definition) is 8. The average molecular weight is 424 g/mol. The zero-order valence-electron chi connectivity index (χ0n) is 15.5. The van der Waals surface area contributed by atoms with Gasteiger partial charge in [0.1, 0.15) is 24.4 Å². The van der Waals surface area contributed by atoms with Crippen molar-refractivity contribution in [3.8, 4) is 0 Å². The predicted octanol–water partition coefficient (Wildman–Crippen LogP) is -0.235. The van der Waals surface area contributed by atoms with E-state index in [0.717, 1.165) is 11.8 Å². The number of H-pyrrole nitrogens is 1. The summed E-state index contributed by atoms with van der Waals surface area (Å²) in [6.45, 7) is -0.0414. The van der Waals surface area contributed by atoms with Crippen molar-refractivity contribution in [2.24, 2.45) is 0 Å². The molecule has 29 heavy (non-hydrogen) atoms. The predicted molar refractivity (Wildman–Crippen MR) is 99.7 cm³/mol. The summed E-state index contributed by atoms with van der Waals surface area (Å²) < 4.78 is 47.1. The highest BCUT2D eigenvalue weighted by molar-refractivity contribution is 7.85. The van der Waals surface area contributed by atoms with E-state index < -0.39 is 45.4 Å². The molecule has 0 amide bonds. The summed E-state index contributed by atoms with van der Waals surface area (Å²) in [5.74, 6) is 0. The third-order valence-corrected chi connectivity index (χ3v) is 5.43. The van der Waals surface area contributed by atoms with E-state index in [1.165, 1.54) is 16.8 Å². The highest BCUT2D eigenvalue weighted by Gasteiger charge is 2.63. The molecule has 11 heteroatoms. The van der Waals surface area contributed by atoms with Gasteiger partial charge in [0.2, 0.25) is 0 Å². The van der Waals surface area contributed by atoms with E-state index >= 15 is 0 Å². The minimum atomic E-state index is -3.73. The third kappa shape index (κ3) is 4.05. The number of nitrogens with one attached hydrogen (secondary N) is 1. The van der Waals surface area contributed by atoms with Crippen molar-refractivity contribution in [3.63, 3.8) is 0 Å². The average Bonchev–Trinajstić information content (AvgIpc) is 3.17. The Morgan fingerprint density at radius 3 is 2.69 bits per heavy atom. The van der Waals surface area contributed by atoms with Gasteiger partial charge in [0.15, 0.2) is 6.23 Å². The second-order valence-corrected chi connectivity index (χ2v) is 8.69. The van der Waals surface area contributed by atoms with Crippen molar-refractivity contribution in [1.29, 1.82) is 0 Å². The van der Waals surface area contributed by atoms with Crippen LogP contribution in [-0.2, 0) is 35.1 Å². The van der Waals surface area contributed by atoms with Crippen LogP contribution in [0.25, 0.3) is 0 Å². The Hall–Kier alpha value is -2.31. The number of aromatic nitrogens is 2. The van der Waals surface area contributed by atoms with E-state index in [2.05, 4.69) is 4.98 Å². The Morgan fingerprint density at radius 2 is 2.00 bits per heavy atom. The SMILES string of the molecule is CS(=O)(=O)OC[C@@]12CO[C@@H]([C@H](n3ccc(=O)[nH]c3=O)O1)[C@@H]2OCc1ccccc1. The number of hydrogen-bond donors (Lipinski definition) is 1. The van der Waals surface area contributed by atoms with Gasteiger partial charge < -0.3 is 14.2 Å². The maximum Gasteiger partial charge on any atom is 0.330 e. The topological polar surface area (TPSA) is 126 Å². The molecule has 4 rings (SSSR count). The van der Waals surface area contributed by atoms with Gasteiger partial charge in [0.05, 0.1) is 19.5 Å². The van der Waals surface area contributed by atoms with E-state index in [9.17, 15) is 18.0 Å². The van der Waals surface area contributed by atoms with Crippen LogP contribution in [0, 0.1) is 0 Å². The first kappa shape index (κ1) is 20.0. The van der Waals surface area contributed by atoms with Gasteiger partial charge in [-0.3, -0.25) is 18.5 Å². The Labute approximate surface area is 166 Å². The molecule has 2 aliphatic heterocycles. The fourth-order valence-corrected chi connectivity index (χ4v) is 3.97. The van der Waals surface area contributed by atoms with Gasteiger partial charge in [-0.15, -0.1) is 0 Å². The molecule has 0 saturated carbocycles. The Kier molecular flexibility index (Phi) is 5.17. The molecule has 2 fully saturated rings. The van der Waals surface area contributed by atoms with Crippen LogP contribution in [0.1, 0.15) is 11.8 Å². The van der Waals surface area contributed by atoms with Gasteiger partial charge in [-0.25, -0.2) is 4.79 Å². The van der Waals surface area contributed by atoms with E-state index in [1.807, 2.05) is 30.3 Å². The maximum absolute atomic E-state index is 12.2. The van der Waals surface area contributed by atoms with Crippen LogP contribution in [0.15, 0.2) is 52.2 Å². The number of nitrogens with zero attached hydrogens (tertiary/aromatic N) is 1. The van der Waals surface area contributed by atoms with Crippen LogP contribution in [0.4, 0.5) is 0 Å². The Morgan fingerprint density at radius 1 is 1.24 bits per heavy atom. The monoisotopic (exact) mass is 424 g/mol. The van der Waals surface area contributed by atoms with Crippen molar-refractivity contribution >= 4 is 10.1 Å². The molecule has 3 heterocycles. The molecule has 2 bridgehead atoms. The van der Waals surface area contributed by atoms with Gasteiger partial charge >= 0.3 is 5.69 Å². The standard InChI is InChI=1S/C18H20N2O8S/c1-29(23,24)27-11-18-10-26-14(15(18)25-9-12-5-3-2-4-6-12)16(28-18)20-8-7-13(21)19-17(20)22/h2-8,14-16H,9-11H2,1H3,(H,19,21,22)/t14-,15+,16-,18-/m1/s1. The molecule has 0 unspecified atom stereocenters. The Balaban J connectivity index is 1.63. The summed E-state index contributed by atoms with van der Waals surface area (Å²) in [7, 11) is -3.73. The minimum absolute atomic E-state index is 0.0429. The fourth-order valence-electron chi connectivity index (χ4n) is 3.56. The Bertz CT molecular complexity index is 1100. The zero-order valence-corrected chi connectivity index (χ0v) is 16.3. The van der Waals surface area contributed by atoms with Crippen molar-refractivity contribution in [3.05, 3.63) is 69.0 Å². The summed E-state index contributed by atoms with van der Waals surface area (Å²) in [6, 6.07) is 10.6. The molecule has 4 atom stereocenters. The molecule has 156 valence electrons. The number of fused-ring (bicyclic) bond motifs is 2. The summed E-state index contributed by atoms with van der Waals surface area (Å²) in [5, 5.41) is 0. The lowest BCUT2D eigenvalue weighted by Gasteiger charge is -2.31. The maximum atomic E-state index is 12.2. The molecule has 10 nitrogen and oxygen atoms in total. The van der Waals surface area contributed by atoms with Crippen molar-refractivity contribution in [2.75, 3.05) is 19.5 Å². The lowest BCUT2D eigenvalue weighted by atomic mass is 10.00. The first-order valence-electron chi connectivity index (χ1n) is 8.88. The zero-order chi connectivity index (χ0) is 20.6. The molecular weight excluding hydrogens is 404 g/mol. The van der Waals surface area contributed by atoms with Crippen LogP contribution < -0.4 is 11.2 Å². The van der Waals surface area contributed by atoms with Gasteiger partial charge in [-0.1, -0.05) is 30.3 Å². The van der Waals surface area contributed by atoms with Gasteiger partial charge in [0.25, 0.3) is 15.7 Å². The van der Waals surface area contributed by atoms with Crippen LogP contribution in [-0.4, -0.2) is 55.2 Å². The summed E-state index contributed by atoms with van der Waals surface area (Å²) in [6.07, 6.45) is -0.0407. The lowest BCUT2D eigenvalue weighted by molar-refractivity contribution is -0.185. The van der Waals surface area contributed by atoms with E-state index in [0.29, 0.717) is 0 Å². The normalized spacial score (nSPS) is 28.7. The van der Waals surface area contributed by atoms with Crippen LogP contribution >= 0.6 is 0 Å². The fraction of sp³-hybridized carbons (Fsp3) is 0.444. The first-order chi connectivity index (χ1) is 13.8. The summed E-state index contributed by atoms with van der Waals surface area (Å²) in [5.41, 5.74) is -1.51. The summed E-state index contributed by atoms with van der Waals surface area (Å²) >= 11 is 0. The van der Waals surface area contributed by atoms with E-state index in [-0.39, 0.29) is 19.8 Å². The van der Waals surface area contributed by atoms with Crippen molar-refractivity contribution in [1.82, 2.24) is 9.55 Å². The number of ether oxygens (including phenoxy) is 3. The largest absolute Gasteiger partial charge is 0.367 e. The quantitative estimate of drug-likeness (QED) is 0.604. The second kappa shape index (κ2) is 7.50. The molecule has 0 spiro atoms. The number of rotatable bonds is 7. The van der Waals surface area contributed by atoms with Gasteiger partial charge in [-0.05, 0) is 5.56 Å². The third-order valence-electron chi connectivity index (χ3n) is 4.89. The smallest absolute Gasteiger partial charge is 0.330 e. The van der Waals surface area contributed by atoms with Crippen molar-refractivity contribution in [2.45, 2.75) is 30.6 Å². The molecule has 2 aromatic rings. The lowest BCUT2D eigenvalue weighted by Crippen LogP contribution is -2.47. The highest BCUT2D eigenvalue weighted by Crippen LogP contribution is 2.46. The molecule has 2 aliphatic rings. The number of benzene rings is 1. The van der Waals surface area contributed by atoms with Gasteiger partial charge in [0, 0.05) is 12.3 Å². The highest BCUT2D eigenvalue weighted by atomic mass is 32.2. The minimum Gasteiger partial charge on any atom is -0.367 e. The molecule has 1 N–H and O–H groups in total. The summed E-state index contributed by atoms with van der Waals surface area (Å²) in [4.78, 5) is 25.7. The van der Waals surface area contributed by atoms with Gasteiger partial charge in [-0.2, -0.15) is 8.42 Å². The van der Waals surface area contributed by atoms with Crippen LogP contribution in [0.3, 0.4) is 0 Å². The second-order valence-electron chi connectivity index (χ2n) is 7.05. The van der Waals surface area contributed by atoms with Crippen LogP contribution in [0.5, 0.6) is 0 Å².